The first-order valence-electron chi connectivity index (χ1n) is 14.0. The topological polar surface area (TPSA) is 179 Å². The molecule has 12 heteroatoms. The molecule has 1 saturated heterocycles. The molecule has 0 radical (unpaired) electrons. The Morgan fingerprint density at radius 1 is 1.00 bits per heavy atom. The minimum Gasteiger partial charge on any atom is -0.372 e. The van der Waals surface area contributed by atoms with Gasteiger partial charge in [-0.1, -0.05) is 0 Å². The maximum atomic E-state index is 12.5. The number of carbonyl (C=O) groups is 1. The standard InChI is InChI=1S/C27H44N10O2/c28-14-6-16-31-21(7-4-15-32-25(29)30)8-5-19-37-20-13-24(35-27(37)39)34-26(38)33-22-9-11-23(12-10-22)36-17-2-1-3-18-36/h9-13,20-21,31H,1-8,14-19,28H2,(H4,29,30,32)(H2,33,34,35,38,39). The maximum absolute atomic E-state index is 12.5. The van der Waals surface area contributed by atoms with Gasteiger partial charge in [0, 0.05) is 49.8 Å². The van der Waals surface area contributed by atoms with E-state index in [1.165, 1.54) is 19.3 Å². The smallest absolute Gasteiger partial charge is 0.349 e. The van der Waals surface area contributed by atoms with Gasteiger partial charge in [-0.3, -0.25) is 15.3 Å². The van der Waals surface area contributed by atoms with Crippen molar-refractivity contribution in [3.8, 4) is 0 Å². The van der Waals surface area contributed by atoms with E-state index < -0.39 is 11.7 Å². The normalized spacial score (nSPS) is 14.0. The molecule has 2 heterocycles. The van der Waals surface area contributed by atoms with E-state index in [-0.39, 0.29) is 17.8 Å². The molecule has 1 aliphatic heterocycles. The van der Waals surface area contributed by atoms with Crippen molar-refractivity contribution in [1.82, 2.24) is 20.2 Å². The van der Waals surface area contributed by atoms with Crippen molar-refractivity contribution in [2.75, 3.05) is 48.3 Å². The summed E-state index contributed by atoms with van der Waals surface area (Å²) in [6, 6.07) is 9.26. The lowest BCUT2D eigenvalue weighted by atomic mass is 10.1. The summed E-state index contributed by atoms with van der Waals surface area (Å²) in [5.74, 6) is 0.185. The number of benzene rings is 1. The Labute approximate surface area is 230 Å². The van der Waals surface area contributed by atoms with Crippen LogP contribution in [0.5, 0.6) is 0 Å². The van der Waals surface area contributed by atoms with Crippen LogP contribution in [0.15, 0.2) is 41.3 Å². The number of amides is 2. The van der Waals surface area contributed by atoms with Gasteiger partial charge in [0.25, 0.3) is 0 Å². The first-order valence-corrected chi connectivity index (χ1v) is 14.0. The number of nitrogens with two attached hydrogens (primary N) is 2. The number of urea groups is 1. The monoisotopic (exact) mass is 540 g/mol. The number of guanidine groups is 1. The minimum absolute atomic E-state index is 0.0215. The van der Waals surface area contributed by atoms with Gasteiger partial charge in [0.1, 0.15) is 5.82 Å². The highest BCUT2D eigenvalue weighted by molar-refractivity contribution is 5.99. The average molecular weight is 541 g/mol. The zero-order valence-electron chi connectivity index (χ0n) is 22.8. The van der Waals surface area contributed by atoms with E-state index in [0.717, 1.165) is 57.4 Å². The molecule has 3 rings (SSSR count). The summed E-state index contributed by atoms with van der Waals surface area (Å²) in [6.45, 7) is 4.79. The zero-order valence-corrected chi connectivity index (χ0v) is 22.8. The number of aromatic nitrogens is 2. The summed E-state index contributed by atoms with van der Waals surface area (Å²) in [7, 11) is 0. The predicted molar refractivity (Wildman–Crippen MR) is 157 cm³/mol. The second-order valence-electron chi connectivity index (χ2n) is 9.88. The van der Waals surface area contributed by atoms with Crippen LogP contribution in [0.4, 0.5) is 22.0 Å². The summed E-state index contributed by atoms with van der Waals surface area (Å²) >= 11 is 0. The average Bonchev–Trinajstić information content (AvgIpc) is 2.92. The van der Waals surface area contributed by atoms with E-state index in [1.54, 1.807) is 16.8 Å². The number of hydrogen-bond donors (Lipinski definition) is 7. The van der Waals surface area contributed by atoms with Gasteiger partial charge < -0.3 is 32.3 Å². The summed E-state index contributed by atoms with van der Waals surface area (Å²) in [4.78, 5) is 31.4. The molecule has 0 bridgehead atoms. The number of nitrogens with one attached hydrogen (secondary N) is 5. The van der Waals surface area contributed by atoms with Crippen LogP contribution >= 0.6 is 0 Å². The number of aryl methyl sites for hydroxylation is 1. The van der Waals surface area contributed by atoms with Crippen molar-refractivity contribution >= 4 is 29.2 Å². The fourth-order valence-corrected chi connectivity index (χ4v) is 4.69. The highest BCUT2D eigenvalue weighted by atomic mass is 16.2. The number of nitrogens with zero attached hydrogens (tertiary/aromatic N) is 3. The van der Waals surface area contributed by atoms with Gasteiger partial charge >= 0.3 is 11.7 Å². The molecular formula is C27H44N10O2. The van der Waals surface area contributed by atoms with E-state index in [1.807, 2.05) is 24.3 Å². The number of hydrogen-bond acceptors (Lipinski definition) is 7. The van der Waals surface area contributed by atoms with Crippen LogP contribution in [0.2, 0.25) is 0 Å². The Morgan fingerprint density at radius 2 is 1.74 bits per heavy atom. The van der Waals surface area contributed by atoms with E-state index in [2.05, 4.69) is 31.2 Å². The van der Waals surface area contributed by atoms with Crippen LogP contribution in [0, 0.1) is 5.41 Å². The first kappa shape index (κ1) is 29.9. The number of rotatable bonds is 15. The van der Waals surface area contributed by atoms with E-state index in [9.17, 15) is 9.59 Å². The van der Waals surface area contributed by atoms with Crippen molar-refractivity contribution in [3.63, 3.8) is 0 Å². The highest BCUT2D eigenvalue weighted by Gasteiger charge is 2.12. The molecule has 2 aromatic rings. The molecule has 1 atom stereocenters. The molecule has 0 aliphatic carbocycles. The third-order valence-electron chi connectivity index (χ3n) is 6.77. The Bertz CT molecular complexity index is 1080. The molecular weight excluding hydrogens is 496 g/mol. The van der Waals surface area contributed by atoms with E-state index >= 15 is 0 Å². The van der Waals surface area contributed by atoms with Gasteiger partial charge in [0.2, 0.25) is 0 Å². The largest absolute Gasteiger partial charge is 0.372 e. The molecule has 0 spiro atoms. The fourth-order valence-electron chi connectivity index (χ4n) is 4.69. The molecule has 1 aromatic heterocycles. The van der Waals surface area contributed by atoms with Crippen molar-refractivity contribution in [1.29, 1.82) is 5.41 Å². The number of piperidine rings is 1. The Kier molecular flexibility index (Phi) is 12.5. The Hall–Kier alpha value is -3.64. The van der Waals surface area contributed by atoms with Crippen LogP contribution in [-0.2, 0) is 6.54 Å². The molecule has 1 unspecified atom stereocenters. The third-order valence-corrected chi connectivity index (χ3v) is 6.77. The Morgan fingerprint density at radius 3 is 2.44 bits per heavy atom. The third kappa shape index (κ3) is 10.9. The van der Waals surface area contributed by atoms with E-state index in [0.29, 0.717) is 25.3 Å². The molecule has 9 N–H and O–H groups in total. The summed E-state index contributed by atoms with van der Waals surface area (Å²) in [5.41, 5.74) is 12.4. The van der Waals surface area contributed by atoms with Gasteiger partial charge in [-0.05, 0) is 94.8 Å². The fraction of sp³-hybridized carbons (Fsp3) is 0.556. The maximum Gasteiger partial charge on any atom is 0.349 e. The second kappa shape index (κ2) is 16.4. The molecule has 1 aliphatic rings. The molecule has 2 amide bonds. The Balaban J connectivity index is 1.44. The molecule has 1 aromatic carbocycles. The molecule has 214 valence electrons. The second-order valence-corrected chi connectivity index (χ2v) is 9.88. The summed E-state index contributed by atoms with van der Waals surface area (Å²) in [6.07, 6.45) is 9.75. The highest BCUT2D eigenvalue weighted by Crippen LogP contribution is 2.21. The van der Waals surface area contributed by atoms with Crippen LogP contribution in [0.25, 0.3) is 0 Å². The summed E-state index contributed by atoms with van der Waals surface area (Å²) < 4.78 is 1.55. The lowest BCUT2D eigenvalue weighted by molar-refractivity contribution is 0.262. The van der Waals surface area contributed by atoms with Crippen LogP contribution in [0.1, 0.15) is 51.4 Å². The van der Waals surface area contributed by atoms with Crippen molar-refractivity contribution < 1.29 is 4.79 Å². The molecule has 12 nitrogen and oxygen atoms in total. The predicted octanol–water partition coefficient (Wildman–Crippen LogP) is 2.23. The van der Waals surface area contributed by atoms with Gasteiger partial charge in [-0.2, -0.15) is 4.98 Å². The first-order chi connectivity index (χ1) is 18.9. The lowest BCUT2D eigenvalue weighted by Gasteiger charge is -2.28. The number of carbonyl (C=O) groups excluding carboxylic acids is 1. The van der Waals surface area contributed by atoms with Gasteiger partial charge in [0.15, 0.2) is 5.96 Å². The quantitative estimate of drug-likeness (QED) is 0.102. The minimum atomic E-state index is -0.448. The van der Waals surface area contributed by atoms with Crippen LogP contribution in [-0.4, -0.2) is 60.3 Å². The summed E-state index contributed by atoms with van der Waals surface area (Å²) in [5, 5.41) is 19.0. The van der Waals surface area contributed by atoms with Gasteiger partial charge in [-0.15, -0.1) is 0 Å². The molecule has 1 fully saturated rings. The van der Waals surface area contributed by atoms with Crippen LogP contribution in [0.3, 0.4) is 0 Å². The SMILES string of the molecule is N=C(N)NCCCC(CCCn1ccc(NC(=O)Nc2ccc(N3CCCCC3)cc2)nc1=O)NCCCN. The van der Waals surface area contributed by atoms with Gasteiger partial charge in [0.05, 0.1) is 0 Å². The van der Waals surface area contributed by atoms with Crippen molar-refractivity contribution in [2.45, 2.75) is 64.0 Å². The zero-order chi connectivity index (χ0) is 27.9. The lowest BCUT2D eigenvalue weighted by Crippen LogP contribution is -2.34. The van der Waals surface area contributed by atoms with Crippen LogP contribution < -0.4 is 43.3 Å². The van der Waals surface area contributed by atoms with E-state index in [4.69, 9.17) is 16.9 Å². The van der Waals surface area contributed by atoms with Crippen molar-refractivity contribution in [2.24, 2.45) is 11.5 Å². The number of anilines is 3. The molecule has 39 heavy (non-hydrogen) atoms. The molecule has 0 saturated carbocycles. The van der Waals surface area contributed by atoms with Gasteiger partial charge in [-0.25, -0.2) is 9.59 Å². The van der Waals surface area contributed by atoms with Crippen molar-refractivity contribution in [3.05, 3.63) is 47.0 Å².